The smallest absolute Gasteiger partial charge is 0.210 e. The molecule has 0 aliphatic heterocycles. The van der Waals surface area contributed by atoms with E-state index in [4.69, 9.17) is 4.43 Å². The Morgan fingerprint density at radius 3 is 2.25 bits per heavy atom. The summed E-state index contributed by atoms with van der Waals surface area (Å²) in [7, 11) is 0.413. The van der Waals surface area contributed by atoms with E-state index in [0.717, 1.165) is 0 Å². The summed E-state index contributed by atoms with van der Waals surface area (Å²) in [6.07, 6.45) is 6.84. The lowest BCUT2D eigenvalue weighted by Gasteiger charge is -2.20. The van der Waals surface area contributed by atoms with Crippen LogP contribution in [0.4, 0.5) is 0 Å². The van der Waals surface area contributed by atoms with E-state index < -0.39 is 8.32 Å². The van der Waals surface area contributed by atoms with Gasteiger partial charge in [0.05, 0.1) is 0 Å². The molecule has 0 amide bonds. The molecule has 0 saturated heterocycles. The van der Waals surface area contributed by atoms with Crippen molar-refractivity contribution in [3.8, 4) is 0 Å². The molecule has 0 atom stereocenters. The Morgan fingerprint density at radius 2 is 1.75 bits per heavy atom. The van der Waals surface area contributed by atoms with Crippen molar-refractivity contribution >= 4 is 8.32 Å². The molecule has 1 aliphatic carbocycles. The van der Waals surface area contributed by atoms with E-state index in [0.29, 0.717) is 0 Å². The fourth-order valence-corrected chi connectivity index (χ4v) is 3.09. The van der Waals surface area contributed by atoms with Crippen LogP contribution in [-0.2, 0) is 4.43 Å². The Balaban J connectivity index is 2.53. The maximum Gasteiger partial charge on any atom is 0.210 e. The van der Waals surface area contributed by atoms with E-state index >= 15 is 0 Å². The Kier molecular flexibility index (Phi) is 3.53. The highest BCUT2D eigenvalue weighted by Crippen LogP contribution is 2.24. The monoisotopic (exact) mass is 184 g/mol. The lowest BCUT2D eigenvalue weighted by molar-refractivity contribution is 0.414. The molecule has 70 valence electrons. The first-order valence-electron chi connectivity index (χ1n) is 4.90. The van der Waals surface area contributed by atoms with Crippen LogP contribution in [0.2, 0.25) is 13.1 Å². The minimum atomic E-state index is -1.43. The van der Waals surface area contributed by atoms with Crippen molar-refractivity contribution < 1.29 is 4.43 Å². The molecule has 0 aromatic heterocycles. The zero-order valence-corrected chi connectivity index (χ0v) is 9.52. The first-order valence-corrected chi connectivity index (χ1v) is 7.88. The number of hydrogen-bond acceptors (Lipinski definition) is 1. The number of hydrogen-bond donors (Lipinski definition) is 0. The van der Waals surface area contributed by atoms with Gasteiger partial charge in [-0.1, -0.05) is 17.7 Å². The average molecular weight is 184 g/mol. The van der Waals surface area contributed by atoms with E-state index in [-0.39, 0.29) is 0 Å². The third-order valence-corrected chi connectivity index (χ3v) is 4.73. The van der Waals surface area contributed by atoms with Gasteiger partial charge in [-0.15, -0.1) is 0 Å². The molecule has 2 heteroatoms. The van der Waals surface area contributed by atoms with Crippen molar-refractivity contribution in [2.75, 3.05) is 7.11 Å². The predicted molar refractivity (Wildman–Crippen MR) is 55.7 cm³/mol. The molecular weight excluding hydrogens is 164 g/mol. The van der Waals surface area contributed by atoms with Gasteiger partial charge >= 0.3 is 0 Å². The molecule has 0 unspecified atom stereocenters. The lowest BCUT2D eigenvalue weighted by atomic mass is 9.96. The van der Waals surface area contributed by atoms with Crippen LogP contribution in [0.3, 0.4) is 0 Å². The van der Waals surface area contributed by atoms with Crippen molar-refractivity contribution in [2.24, 2.45) is 0 Å². The SMILES string of the molecule is CO[Si](C)(C)C=C1CCCCC1. The van der Waals surface area contributed by atoms with Gasteiger partial charge in [0.2, 0.25) is 8.32 Å². The topological polar surface area (TPSA) is 9.23 Å². The summed E-state index contributed by atoms with van der Waals surface area (Å²) in [5, 5.41) is 0. The van der Waals surface area contributed by atoms with Gasteiger partial charge in [-0.3, -0.25) is 0 Å². The quantitative estimate of drug-likeness (QED) is 0.599. The molecule has 1 aliphatic rings. The summed E-state index contributed by atoms with van der Waals surface area (Å²) in [5.74, 6) is 0. The molecule has 0 radical (unpaired) electrons. The van der Waals surface area contributed by atoms with Crippen LogP contribution >= 0.6 is 0 Å². The second-order valence-electron chi connectivity index (χ2n) is 4.17. The van der Waals surface area contributed by atoms with Gasteiger partial charge in [0.15, 0.2) is 0 Å². The van der Waals surface area contributed by atoms with Gasteiger partial charge in [0, 0.05) is 7.11 Å². The lowest BCUT2D eigenvalue weighted by Crippen LogP contribution is -2.26. The molecule has 0 bridgehead atoms. The van der Waals surface area contributed by atoms with Crippen molar-refractivity contribution in [3.63, 3.8) is 0 Å². The van der Waals surface area contributed by atoms with Crippen LogP contribution < -0.4 is 0 Å². The molecule has 0 spiro atoms. The van der Waals surface area contributed by atoms with Crippen molar-refractivity contribution in [1.82, 2.24) is 0 Å². The Labute approximate surface area is 76.9 Å². The van der Waals surface area contributed by atoms with Gasteiger partial charge in [-0.2, -0.15) is 0 Å². The van der Waals surface area contributed by atoms with Crippen molar-refractivity contribution in [2.45, 2.75) is 45.2 Å². The maximum absolute atomic E-state index is 5.50. The molecule has 0 heterocycles. The van der Waals surface area contributed by atoms with Crippen molar-refractivity contribution in [1.29, 1.82) is 0 Å². The van der Waals surface area contributed by atoms with Gasteiger partial charge in [0.1, 0.15) is 0 Å². The summed E-state index contributed by atoms with van der Waals surface area (Å²) in [5.41, 5.74) is 4.09. The molecule has 1 fully saturated rings. The third-order valence-electron chi connectivity index (χ3n) is 2.57. The first kappa shape index (κ1) is 10.0. The minimum absolute atomic E-state index is 1.32. The summed E-state index contributed by atoms with van der Waals surface area (Å²) in [6.45, 7) is 4.52. The Hall–Kier alpha value is -0.0831. The molecule has 1 rings (SSSR count). The van der Waals surface area contributed by atoms with Crippen LogP contribution in [0.25, 0.3) is 0 Å². The van der Waals surface area contributed by atoms with Gasteiger partial charge in [0.25, 0.3) is 0 Å². The standard InChI is InChI=1S/C10H20OSi/c1-11-12(2,3)9-10-7-5-4-6-8-10/h9H,4-8H2,1-3H3. The fraction of sp³-hybridized carbons (Fsp3) is 0.800. The van der Waals surface area contributed by atoms with Crippen LogP contribution in [0, 0.1) is 0 Å². The third kappa shape index (κ3) is 3.11. The zero-order chi connectivity index (χ0) is 9.03. The highest BCUT2D eigenvalue weighted by Gasteiger charge is 2.18. The average Bonchev–Trinajstić information content (AvgIpc) is 2.06. The summed E-state index contributed by atoms with van der Waals surface area (Å²) >= 11 is 0. The van der Waals surface area contributed by atoms with Gasteiger partial charge in [-0.25, -0.2) is 0 Å². The molecule has 12 heavy (non-hydrogen) atoms. The van der Waals surface area contributed by atoms with E-state index in [1.165, 1.54) is 32.1 Å². The Bertz CT molecular complexity index is 165. The van der Waals surface area contributed by atoms with Crippen LogP contribution in [0.1, 0.15) is 32.1 Å². The minimum Gasteiger partial charge on any atom is -0.417 e. The van der Waals surface area contributed by atoms with Crippen LogP contribution in [0.5, 0.6) is 0 Å². The normalized spacial score (nSPS) is 19.4. The predicted octanol–water partition coefficient (Wildman–Crippen LogP) is 3.27. The highest BCUT2D eigenvalue weighted by molar-refractivity contribution is 6.76. The second-order valence-corrected chi connectivity index (χ2v) is 8.07. The summed E-state index contributed by atoms with van der Waals surface area (Å²) in [6, 6.07) is 0. The van der Waals surface area contributed by atoms with E-state index in [9.17, 15) is 0 Å². The summed E-state index contributed by atoms with van der Waals surface area (Å²) in [4.78, 5) is 0. The van der Waals surface area contributed by atoms with Gasteiger partial charge in [-0.05, 0) is 38.8 Å². The fourth-order valence-electron chi connectivity index (χ4n) is 1.70. The largest absolute Gasteiger partial charge is 0.417 e. The molecular formula is C10H20OSi. The maximum atomic E-state index is 5.50. The van der Waals surface area contributed by atoms with E-state index in [2.05, 4.69) is 18.8 Å². The molecule has 0 aromatic rings. The Morgan fingerprint density at radius 1 is 1.17 bits per heavy atom. The molecule has 0 aromatic carbocycles. The van der Waals surface area contributed by atoms with Gasteiger partial charge < -0.3 is 4.43 Å². The second kappa shape index (κ2) is 4.24. The number of rotatable bonds is 2. The van der Waals surface area contributed by atoms with E-state index in [1.807, 2.05) is 7.11 Å². The number of allylic oxidation sites excluding steroid dienone is 1. The molecule has 0 N–H and O–H groups in total. The highest BCUT2D eigenvalue weighted by atomic mass is 28.4. The zero-order valence-electron chi connectivity index (χ0n) is 8.52. The molecule has 1 nitrogen and oxygen atoms in total. The van der Waals surface area contributed by atoms with Crippen LogP contribution in [0.15, 0.2) is 11.3 Å². The summed E-state index contributed by atoms with van der Waals surface area (Å²) < 4.78 is 5.50. The molecule has 1 saturated carbocycles. The van der Waals surface area contributed by atoms with Crippen LogP contribution in [-0.4, -0.2) is 15.4 Å². The van der Waals surface area contributed by atoms with Crippen molar-refractivity contribution in [3.05, 3.63) is 11.3 Å². The first-order chi connectivity index (χ1) is 5.64. The van der Waals surface area contributed by atoms with E-state index in [1.54, 1.807) is 5.57 Å².